The van der Waals surface area contributed by atoms with Gasteiger partial charge < -0.3 is 4.90 Å². The maximum atomic E-state index is 2.37. The van der Waals surface area contributed by atoms with Crippen LogP contribution in [0.1, 0.15) is 49.9 Å². The fraction of sp³-hybridized carbons (Fsp3) is 0.323. The first kappa shape index (κ1) is 21.7. The quantitative estimate of drug-likeness (QED) is 0.382. The van der Waals surface area contributed by atoms with Crippen LogP contribution in [0.4, 0.5) is 11.4 Å². The molecule has 3 aromatic carbocycles. The Balaban J connectivity index is 1.56. The Morgan fingerprint density at radius 2 is 1.61 bits per heavy atom. The minimum atomic E-state index is -0.0664. The van der Waals surface area contributed by atoms with Gasteiger partial charge in [-0.15, -0.1) is 0 Å². The predicted molar refractivity (Wildman–Crippen MR) is 142 cm³/mol. The number of benzene rings is 3. The number of nitrogens with zero attached hydrogens (tertiary/aromatic N) is 2. The molecule has 0 aromatic heterocycles. The standard InChI is InChI=1S/C31H35N2/c1-20-15-16-22-17-18-25-29(23(22)19-20)31(5,6)27(33(25)8)14-10-13-26-30(3,4)28-21(2)11-9-12-24(28)32(26)7/h9-19H,1-8H3/q+1. The normalized spacial score (nSPS) is 19.8. The number of hydrogen-bond donors (Lipinski definition) is 0. The van der Waals surface area contributed by atoms with Crippen molar-refractivity contribution in [2.24, 2.45) is 0 Å². The van der Waals surface area contributed by atoms with Gasteiger partial charge in [-0.25, -0.2) is 0 Å². The maximum Gasteiger partial charge on any atom is 0.210 e. The number of fused-ring (bicyclic) bond motifs is 4. The van der Waals surface area contributed by atoms with Gasteiger partial charge in [-0.2, -0.15) is 4.58 Å². The van der Waals surface area contributed by atoms with Gasteiger partial charge in [0.25, 0.3) is 0 Å². The van der Waals surface area contributed by atoms with Crippen molar-refractivity contribution >= 4 is 27.9 Å². The number of anilines is 1. The fourth-order valence-electron chi connectivity index (χ4n) is 6.33. The average Bonchev–Trinajstić information content (AvgIpc) is 3.08. The molecule has 2 heteroatoms. The molecule has 0 aliphatic carbocycles. The second-order valence-electron chi connectivity index (χ2n) is 10.8. The molecule has 0 spiro atoms. The minimum Gasteiger partial charge on any atom is -0.347 e. The maximum absolute atomic E-state index is 2.37. The van der Waals surface area contributed by atoms with Crippen molar-refractivity contribution < 1.29 is 4.58 Å². The Morgan fingerprint density at radius 1 is 0.879 bits per heavy atom. The van der Waals surface area contributed by atoms with Crippen molar-refractivity contribution in [3.05, 3.63) is 94.7 Å². The van der Waals surface area contributed by atoms with Crippen molar-refractivity contribution in [2.75, 3.05) is 19.0 Å². The van der Waals surface area contributed by atoms with Gasteiger partial charge in [0.05, 0.1) is 5.41 Å². The SMILES string of the molecule is Cc1ccc2ccc3c(c2c1)C(C)(C)C(C=CC=C1N(C)c2cccc(C)c2C1(C)C)=[N+]3C. The Morgan fingerprint density at radius 3 is 2.33 bits per heavy atom. The van der Waals surface area contributed by atoms with Gasteiger partial charge >= 0.3 is 0 Å². The van der Waals surface area contributed by atoms with Crippen molar-refractivity contribution in [3.8, 4) is 0 Å². The highest BCUT2D eigenvalue weighted by Gasteiger charge is 2.44. The summed E-state index contributed by atoms with van der Waals surface area (Å²) in [5.74, 6) is 0. The molecule has 0 saturated carbocycles. The third-order valence-electron chi connectivity index (χ3n) is 7.89. The highest BCUT2D eigenvalue weighted by atomic mass is 15.2. The van der Waals surface area contributed by atoms with Crippen LogP contribution in [-0.2, 0) is 10.8 Å². The number of aryl methyl sites for hydroxylation is 2. The van der Waals surface area contributed by atoms with E-state index in [2.05, 4.69) is 132 Å². The van der Waals surface area contributed by atoms with Gasteiger partial charge in [-0.1, -0.05) is 55.8 Å². The molecule has 2 aliphatic heterocycles. The van der Waals surface area contributed by atoms with Gasteiger partial charge in [0.1, 0.15) is 7.05 Å². The van der Waals surface area contributed by atoms with E-state index in [4.69, 9.17) is 0 Å². The van der Waals surface area contributed by atoms with Crippen LogP contribution in [0.15, 0.2) is 72.5 Å². The topological polar surface area (TPSA) is 6.25 Å². The summed E-state index contributed by atoms with van der Waals surface area (Å²) in [4.78, 5) is 2.35. The van der Waals surface area contributed by atoms with Crippen LogP contribution in [0.5, 0.6) is 0 Å². The average molecular weight is 436 g/mol. The second-order valence-corrected chi connectivity index (χ2v) is 10.8. The van der Waals surface area contributed by atoms with Crippen LogP contribution >= 0.6 is 0 Å². The molecule has 0 unspecified atom stereocenters. The number of likely N-dealkylation sites (N-methyl/N-ethyl adjacent to an activating group) is 1. The van der Waals surface area contributed by atoms with Gasteiger partial charge in [-0.05, 0) is 67.8 Å². The molecule has 0 atom stereocenters. The van der Waals surface area contributed by atoms with Crippen LogP contribution < -0.4 is 4.90 Å². The smallest absolute Gasteiger partial charge is 0.210 e. The van der Waals surface area contributed by atoms with E-state index in [-0.39, 0.29) is 10.8 Å². The van der Waals surface area contributed by atoms with E-state index in [0.29, 0.717) is 0 Å². The molecular weight excluding hydrogens is 400 g/mol. The van der Waals surface area contributed by atoms with E-state index in [1.54, 1.807) is 0 Å². The summed E-state index contributed by atoms with van der Waals surface area (Å²) >= 11 is 0. The van der Waals surface area contributed by atoms with Crippen LogP contribution in [-0.4, -0.2) is 24.4 Å². The lowest BCUT2D eigenvalue weighted by Gasteiger charge is -2.24. The van der Waals surface area contributed by atoms with Crippen LogP contribution in [0.3, 0.4) is 0 Å². The summed E-state index contributed by atoms with van der Waals surface area (Å²) < 4.78 is 2.37. The number of hydrogen-bond acceptors (Lipinski definition) is 1. The van der Waals surface area contributed by atoms with Crippen LogP contribution in [0, 0.1) is 13.8 Å². The first-order chi connectivity index (χ1) is 15.5. The molecule has 0 N–H and O–H groups in total. The van der Waals surface area contributed by atoms with E-state index in [1.807, 2.05) is 0 Å². The first-order valence-corrected chi connectivity index (χ1v) is 11.9. The fourth-order valence-corrected chi connectivity index (χ4v) is 6.33. The van der Waals surface area contributed by atoms with Gasteiger partial charge in [-0.3, -0.25) is 0 Å². The van der Waals surface area contributed by atoms with Crippen LogP contribution in [0.25, 0.3) is 10.8 Å². The summed E-state index contributed by atoms with van der Waals surface area (Å²) in [7, 11) is 4.39. The number of rotatable bonds is 2. The highest BCUT2D eigenvalue weighted by molar-refractivity contribution is 6.07. The number of allylic oxidation sites excluding steroid dienone is 4. The lowest BCUT2D eigenvalue weighted by molar-refractivity contribution is -0.401. The van der Waals surface area contributed by atoms with E-state index in [9.17, 15) is 0 Å². The molecule has 2 nitrogen and oxygen atoms in total. The Kier molecular flexibility index (Phi) is 4.72. The Labute approximate surface area is 198 Å². The van der Waals surface area contributed by atoms with E-state index >= 15 is 0 Å². The van der Waals surface area contributed by atoms with E-state index in [0.717, 1.165) is 0 Å². The Bertz CT molecular complexity index is 1400. The molecule has 168 valence electrons. The zero-order valence-electron chi connectivity index (χ0n) is 21.2. The van der Waals surface area contributed by atoms with E-state index < -0.39 is 0 Å². The largest absolute Gasteiger partial charge is 0.347 e. The highest BCUT2D eigenvalue weighted by Crippen LogP contribution is 2.48. The van der Waals surface area contributed by atoms with Gasteiger partial charge in [0, 0.05) is 41.6 Å². The third-order valence-corrected chi connectivity index (χ3v) is 7.89. The van der Waals surface area contributed by atoms with Crippen molar-refractivity contribution in [1.82, 2.24) is 0 Å². The molecule has 0 amide bonds. The monoisotopic (exact) mass is 435 g/mol. The minimum absolute atomic E-state index is 0.0157. The summed E-state index contributed by atoms with van der Waals surface area (Å²) in [6.07, 6.45) is 6.87. The van der Waals surface area contributed by atoms with Crippen LogP contribution in [0.2, 0.25) is 0 Å². The molecular formula is C31H35N2+. The molecule has 33 heavy (non-hydrogen) atoms. The first-order valence-electron chi connectivity index (χ1n) is 11.9. The zero-order chi connectivity index (χ0) is 23.7. The van der Waals surface area contributed by atoms with Crippen molar-refractivity contribution in [1.29, 1.82) is 0 Å². The molecule has 0 fully saturated rings. The van der Waals surface area contributed by atoms with E-state index in [1.165, 1.54) is 55.8 Å². The summed E-state index contributed by atoms with van der Waals surface area (Å²) in [5.41, 5.74) is 10.8. The molecule has 2 heterocycles. The predicted octanol–water partition coefficient (Wildman–Crippen LogP) is 7.33. The molecule has 0 bridgehead atoms. The third kappa shape index (κ3) is 3.04. The summed E-state index contributed by atoms with van der Waals surface area (Å²) in [6, 6.07) is 17.9. The molecule has 2 aliphatic rings. The summed E-state index contributed by atoms with van der Waals surface area (Å²) in [6.45, 7) is 13.8. The second kappa shape index (κ2) is 7.18. The van der Waals surface area contributed by atoms with Gasteiger partial charge in [0.2, 0.25) is 5.69 Å². The lowest BCUT2D eigenvalue weighted by Crippen LogP contribution is -2.27. The lowest BCUT2D eigenvalue weighted by atomic mass is 9.78. The molecule has 0 radical (unpaired) electrons. The Hall–Kier alpha value is -3.13. The van der Waals surface area contributed by atoms with Crippen molar-refractivity contribution in [2.45, 2.75) is 52.4 Å². The molecule has 5 rings (SSSR count). The molecule has 0 saturated heterocycles. The van der Waals surface area contributed by atoms with Gasteiger partial charge in [0.15, 0.2) is 5.71 Å². The molecule has 3 aromatic rings. The summed E-state index contributed by atoms with van der Waals surface area (Å²) in [5, 5.41) is 2.68. The zero-order valence-corrected chi connectivity index (χ0v) is 21.2. The van der Waals surface area contributed by atoms with Crippen molar-refractivity contribution in [3.63, 3.8) is 0 Å².